The molecule has 0 fully saturated rings. The van der Waals surface area contributed by atoms with Crippen LogP contribution in [-0.4, -0.2) is 18.6 Å². The van der Waals surface area contributed by atoms with Crippen molar-refractivity contribution in [3.05, 3.63) is 35.1 Å². The minimum absolute atomic E-state index is 0.0236. The van der Waals surface area contributed by atoms with Crippen LogP contribution in [0.3, 0.4) is 0 Å². The molecular formula is C15H19FN2O2. The van der Waals surface area contributed by atoms with Gasteiger partial charge in [-0.15, -0.1) is 0 Å². The van der Waals surface area contributed by atoms with E-state index < -0.39 is 11.4 Å². The van der Waals surface area contributed by atoms with Crippen LogP contribution in [0.25, 0.3) is 0 Å². The van der Waals surface area contributed by atoms with Gasteiger partial charge in [-0.25, -0.2) is 4.39 Å². The van der Waals surface area contributed by atoms with Crippen molar-refractivity contribution in [3.63, 3.8) is 0 Å². The van der Waals surface area contributed by atoms with Gasteiger partial charge in [0.25, 0.3) is 0 Å². The molecule has 20 heavy (non-hydrogen) atoms. The Labute approximate surface area is 118 Å². The standard InChI is InChI=1S/C15H19FN2O2/c1-4-15(2,8-14(19)20-3)18-10-11-5-6-13(16)12(7-11)9-17/h5-7,18H,4,8,10H2,1-3H3/t15-/m1/s1. The Hall–Kier alpha value is -1.93. The Kier molecular flexibility index (Phi) is 5.66. The van der Waals surface area contributed by atoms with Crippen molar-refractivity contribution in [2.75, 3.05) is 7.11 Å². The van der Waals surface area contributed by atoms with Crippen molar-refractivity contribution in [1.29, 1.82) is 5.26 Å². The molecule has 1 atom stereocenters. The van der Waals surface area contributed by atoms with E-state index in [1.807, 2.05) is 19.9 Å². The summed E-state index contributed by atoms with van der Waals surface area (Å²) in [5.74, 6) is -0.803. The smallest absolute Gasteiger partial charge is 0.307 e. The fourth-order valence-electron chi connectivity index (χ4n) is 1.79. The number of benzene rings is 1. The topological polar surface area (TPSA) is 62.1 Å². The molecule has 0 aliphatic rings. The molecular weight excluding hydrogens is 259 g/mol. The molecule has 1 aromatic carbocycles. The van der Waals surface area contributed by atoms with Crippen molar-refractivity contribution < 1.29 is 13.9 Å². The number of ether oxygens (including phenoxy) is 1. The number of nitrogens with zero attached hydrogens (tertiary/aromatic N) is 1. The van der Waals surface area contributed by atoms with Crippen molar-refractivity contribution in [1.82, 2.24) is 5.32 Å². The lowest BCUT2D eigenvalue weighted by atomic mass is 9.94. The average molecular weight is 278 g/mol. The molecule has 108 valence electrons. The number of carbonyl (C=O) groups excluding carboxylic acids is 1. The van der Waals surface area contributed by atoms with Crippen LogP contribution < -0.4 is 5.32 Å². The maximum atomic E-state index is 13.2. The molecule has 0 saturated heterocycles. The molecule has 1 aromatic rings. The van der Waals surface area contributed by atoms with Crippen LogP contribution in [0.2, 0.25) is 0 Å². The molecule has 0 aliphatic carbocycles. The van der Waals surface area contributed by atoms with Crippen LogP contribution in [-0.2, 0) is 16.1 Å². The van der Waals surface area contributed by atoms with Gasteiger partial charge in [-0.2, -0.15) is 5.26 Å². The monoisotopic (exact) mass is 278 g/mol. The summed E-state index contributed by atoms with van der Waals surface area (Å²) < 4.78 is 17.9. The highest BCUT2D eigenvalue weighted by Gasteiger charge is 2.25. The predicted molar refractivity (Wildman–Crippen MR) is 73.3 cm³/mol. The summed E-state index contributed by atoms with van der Waals surface area (Å²) in [4.78, 5) is 11.4. The summed E-state index contributed by atoms with van der Waals surface area (Å²) in [7, 11) is 1.36. The van der Waals surface area contributed by atoms with Crippen molar-refractivity contribution >= 4 is 5.97 Å². The van der Waals surface area contributed by atoms with Crippen LogP contribution in [0, 0.1) is 17.1 Å². The molecule has 4 nitrogen and oxygen atoms in total. The van der Waals surface area contributed by atoms with Crippen molar-refractivity contribution in [2.24, 2.45) is 0 Å². The Morgan fingerprint density at radius 3 is 2.80 bits per heavy atom. The molecule has 0 aromatic heterocycles. The molecule has 0 radical (unpaired) electrons. The summed E-state index contributed by atoms with van der Waals surface area (Å²) in [5, 5.41) is 12.1. The fraction of sp³-hybridized carbons (Fsp3) is 0.467. The van der Waals surface area contributed by atoms with Gasteiger partial charge in [0.1, 0.15) is 11.9 Å². The van der Waals surface area contributed by atoms with Gasteiger partial charge >= 0.3 is 5.97 Å². The first-order valence-electron chi connectivity index (χ1n) is 6.44. The van der Waals surface area contributed by atoms with Gasteiger partial charge < -0.3 is 10.1 Å². The van der Waals surface area contributed by atoms with Crippen molar-refractivity contribution in [3.8, 4) is 6.07 Å². The van der Waals surface area contributed by atoms with E-state index in [4.69, 9.17) is 5.26 Å². The van der Waals surface area contributed by atoms with Crippen LogP contribution in [0.1, 0.15) is 37.8 Å². The fourth-order valence-corrected chi connectivity index (χ4v) is 1.79. The van der Waals surface area contributed by atoms with Crippen LogP contribution >= 0.6 is 0 Å². The number of methoxy groups -OCH3 is 1. The number of nitriles is 1. The number of halogens is 1. The van der Waals surface area contributed by atoms with E-state index in [9.17, 15) is 9.18 Å². The molecule has 0 heterocycles. The predicted octanol–water partition coefficient (Wildman–Crippen LogP) is 2.52. The molecule has 0 unspecified atom stereocenters. The summed E-state index contributed by atoms with van der Waals surface area (Å²) >= 11 is 0. The zero-order chi connectivity index (χ0) is 15.2. The lowest BCUT2D eigenvalue weighted by molar-refractivity contribution is -0.142. The Balaban J connectivity index is 2.74. The van der Waals surface area contributed by atoms with E-state index >= 15 is 0 Å². The van der Waals surface area contributed by atoms with Gasteiger partial charge in [-0.3, -0.25) is 4.79 Å². The van der Waals surface area contributed by atoms with Gasteiger partial charge in [-0.1, -0.05) is 13.0 Å². The van der Waals surface area contributed by atoms with E-state index in [1.165, 1.54) is 19.2 Å². The maximum absolute atomic E-state index is 13.2. The third kappa shape index (κ3) is 4.32. The lowest BCUT2D eigenvalue weighted by Gasteiger charge is -2.28. The lowest BCUT2D eigenvalue weighted by Crippen LogP contribution is -2.43. The number of nitrogens with one attached hydrogen (secondary N) is 1. The molecule has 0 spiro atoms. The zero-order valence-corrected chi connectivity index (χ0v) is 12.0. The maximum Gasteiger partial charge on any atom is 0.307 e. The Morgan fingerprint density at radius 1 is 1.55 bits per heavy atom. The second kappa shape index (κ2) is 7.01. The number of rotatable bonds is 6. The van der Waals surface area contributed by atoms with Crippen LogP contribution in [0.5, 0.6) is 0 Å². The summed E-state index contributed by atoms with van der Waals surface area (Å²) in [5.41, 5.74) is 0.428. The first-order valence-corrected chi connectivity index (χ1v) is 6.44. The highest BCUT2D eigenvalue weighted by Crippen LogP contribution is 2.17. The van der Waals surface area contributed by atoms with Gasteiger partial charge in [0.15, 0.2) is 0 Å². The molecule has 5 heteroatoms. The first-order chi connectivity index (χ1) is 9.44. The van der Waals surface area contributed by atoms with Gasteiger partial charge in [0.05, 0.1) is 19.1 Å². The number of hydrogen-bond donors (Lipinski definition) is 1. The van der Waals surface area contributed by atoms with E-state index in [1.54, 1.807) is 6.07 Å². The zero-order valence-electron chi connectivity index (χ0n) is 12.0. The van der Waals surface area contributed by atoms with Crippen LogP contribution in [0.15, 0.2) is 18.2 Å². The molecule has 1 rings (SSSR count). The minimum atomic E-state index is -0.524. The van der Waals surface area contributed by atoms with Gasteiger partial charge in [0, 0.05) is 12.1 Å². The van der Waals surface area contributed by atoms with E-state index in [0.29, 0.717) is 6.54 Å². The molecule has 0 saturated carbocycles. The van der Waals surface area contributed by atoms with Crippen molar-refractivity contribution in [2.45, 2.75) is 38.8 Å². The molecule has 0 aliphatic heterocycles. The Bertz CT molecular complexity index is 525. The highest BCUT2D eigenvalue weighted by molar-refractivity contribution is 5.70. The normalized spacial score (nSPS) is 13.3. The second-order valence-corrected chi connectivity index (χ2v) is 4.95. The largest absolute Gasteiger partial charge is 0.469 e. The number of esters is 1. The van der Waals surface area contributed by atoms with E-state index in [0.717, 1.165) is 12.0 Å². The van der Waals surface area contributed by atoms with E-state index in [-0.39, 0.29) is 18.0 Å². The summed E-state index contributed by atoms with van der Waals surface area (Å²) in [6.07, 6.45) is 1.00. The number of hydrogen-bond acceptors (Lipinski definition) is 4. The highest BCUT2D eigenvalue weighted by atomic mass is 19.1. The molecule has 0 amide bonds. The van der Waals surface area contributed by atoms with E-state index in [2.05, 4.69) is 10.1 Å². The summed E-state index contributed by atoms with van der Waals surface area (Å²) in [6.45, 7) is 4.36. The molecule has 0 bridgehead atoms. The van der Waals surface area contributed by atoms with Gasteiger partial charge in [0.2, 0.25) is 0 Å². The quantitative estimate of drug-likeness (QED) is 0.812. The average Bonchev–Trinajstić information content (AvgIpc) is 2.46. The third-order valence-corrected chi connectivity index (χ3v) is 3.41. The first kappa shape index (κ1) is 16.1. The Morgan fingerprint density at radius 2 is 2.25 bits per heavy atom. The van der Waals surface area contributed by atoms with Crippen LogP contribution in [0.4, 0.5) is 4.39 Å². The number of carbonyl (C=O) groups is 1. The minimum Gasteiger partial charge on any atom is -0.469 e. The third-order valence-electron chi connectivity index (χ3n) is 3.41. The summed E-state index contributed by atoms with van der Waals surface area (Å²) in [6, 6.07) is 6.22. The second-order valence-electron chi connectivity index (χ2n) is 4.95. The molecule has 1 N–H and O–H groups in total. The van der Waals surface area contributed by atoms with Gasteiger partial charge in [-0.05, 0) is 31.0 Å². The SMILES string of the molecule is CC[C@](C)(CC(=O)OC)NCc1ccc(F)c(C#N)c1.